The molecular weight excluding hydrogens is 400 g/mol. The maximum absolute atomic E-state index is 14.3. The summed E-state index contributed by atoms with van der Waals surface area (Å²) in [5.41, 5.74) is 0.314. The molecule has 7 heteroatoms. The smallest absolute Gasteiger partial charge is 0.200 e. The summed E-state index contributed by atoms with van der Waals surface area (Å²) in [4.78, 5) is 2.12. The van der Waals surface area contributed by atoms with Gasteiger partial charge in [-0.25, -0.2) is 4.39 Å². The fraction of sp³-hybridized carbons (Fsp3) is 0.455. The van der Waals surface area contributed by atoms with Gasteiger partial charge in [-0.05, 0) is 48.9 Å². The molecule has 1 N–H and O–H groups in total. The fourth-order valence-corrected chi connectivity index (χ4v) is 4.73. The van der Waals surface area contributed by atoms with Crippen molar-refractivity contribution in [3.63, 3.8) is 0 Å². The fourth-order valence-electron chi connectivity index (χ4n) is 4.55. The highest BCUT2D eigenvalue weighted by Gasteiger charge is 2.42. The first kappa shape index (κ1) is 20.4. The molecule has 0 unspecified atom stereocenters. The van der Waals surface area contributed by atoms with Gasteiger partial charge >= 0.3 is 0 Å². The van der Waals surface area contributed by atoms with Gasteiger partial charge in [0.25, 0.3) is 0 Å². The van der Waals surface area contributed by atoms with E-state index in [9.17, 15) is 13.9 Å². The van der Waals surface area contributed by atoms with E-state index in [1.807, 2.05) is 12.1 Å². The van der Waals surface area contributed by atoms with Gasteiger partial charge in [-0.15, -0.1) is 0 Å². The molecule has 156 valence electrons. The molecule has 2 aromatic rings. The summed E-state index contributed by atoms with van der Waals surface area (Å²) in [5, 5.41) is 11.2. The summed E-state index contributed by atoms with van der Waals surface area (Å²) < 4.78 is 39.1. The first-order valence-electron chi connectivity index (χ1n) is 9.78. The first-order chi connectivity index (χ1) is 13.9. The van der Waals surface area contributed by atoms with Crippen LogP contribution in [-0.4, -0.2) is 42.4 Å². The van der Waals surface area contributed by atoms with Crippen molar-refractivity contribution in [1.82, 2.24) is 4.90 Å². The van der Waals surface area contributed by atoms with Crippen molar-refractivity contribution < 1.29 is 23.4 Å². The van der Waals surface area contributed by atoms with Crippen LogP contribution in [0.25, 0.3) is 0 Å². The predicted octanol–water partition coefficient (Wildman–Crippen LogP) is 4.28. The molecular formula is C22H24ClF2NO3. The van der Waals surface area contributed by atoms with Gasteiger partial charge in [0.15, 0.2) is 11.6 Å². The van der Waals surface area contributed by atoms with Crippen molar-refractivity contribution in [2.45, 2.75) is 31.6 Å². The monoisotopic (exact) mass is 423 g/mol. The Kier molecular flexibility index (Phi) is 5.95. The molecule has 0 amide bonds. The number of benzene rings is 2. The zero-order valence-corrected chi connectivity index (χ0v) is 16.9. The minimum Gasteiger partial charge on any atom is -0.494 e. The van der Waals surface area contributed by atoms with Crippen molar-refractivity contribution in [3.8, 4) is 11.5 Å². The largest absolute Gasteiger partial charge is 0.494 e. The Morgan fingerprint density at radius 1 is 1.10 bits per heavy atom. The molecule has 2 aliphatic rings. The lowest BCUT2D eigenvalue weighted by atomic mass is 9.78. The van der Waals surface area contributed by atoms with Crippen LogP contribution < -0.4 is 9.47 Å². The second-order valence-corrected chi connectivity index (χ2v) is 8.36. The van der Waals surface area contributed by atoms with Crippen LogP contribution in [0.2, 0.25) is 5.02 Å². The van der Waals surface area contributed by atoms with Crippen molar-refractivity contribution >= 4 is 11.6 Å². The number of ether oxygens (including phenoxy) is 2. The van der Waals surface area contributed by atoms with E-state index >= 15 is 0 Å². The van der Waals surface area contributed by atoms with Gasteiger partial charge in [0, 0.05) is 30.2 Å². The van der Waals surface area contributed by atoms with E-state index in [2.05, 4.69) is 4.90 Å². The van der Waals surface area contributed by atoms with E-state index in [1.165, 1.54) is 13.2 Å². The molecule has 0 bridgehead atoms. The Bertz CT molecular complexity index is 881. The van der Waals surface area contributed by atoms with Crippen LogP contribution in [0.4, 0.5) is 8.78 Å². The highest BCUT2D eigenvalue weighted by Crippen LogP contribution is 2.39. The van der Waals surface area contributed by atoms with Gasteiger partial charge in [-0.3, -0.25) is 4.90 Å². The third-order valence-corrected chi connectivity index (χ3v) is 6.22. The number of methoxy groups -OCH3 is 1. The molecule has 0 aromatic heterocycles. The van der Waals surface area contributed by atoms with Gasteiger partial charge < -0.3 is 14.6 Å². The Labute approximate surface area is 174 Å². The standard InChI is InChI=1S/C22H24ClF2NO3/c1-28-19-6-5-13(21(24)22(19)25)10-26-11-14-7-18(27)20(8-15(14)12-26)29-17-4-2-3-16(23)9-17/h2-6,9,14-15,18,20,27H,7-8,10-12H2,1H3/t14-,15+,18+,20+/m0/s1. The Morgan fingerprint density at radius 3 is 2.59 bits per heavy atom. The van der Waals surface area contributed by atoms with E-state index in [-0.39, 0.29) is 11.9 Å². The highest BCUT2D eigenvalue weighted by atomic mass is 35.5. The van der Waals surface area contributed by atoms with E-state index in [0.29, 0.717) is 47.6 Å². The second-order valence-electron chi connectivity index (χ2n) is 7.92. The molecule has 1 saturated carbocycles. The first-order valence-corrected chi connectivity index (χ1v) is 10.2. The minimum absolute atomic E-state index is 0.0922. The molecule has 0 spiro atoms. The molecule has 1 aliphatic heterocycles. The average Bonchev–Trinajstić information content (AvgIpc) is 3.07. The lowest BCUT2D eigenvalue weighted by molar-refractivity contribution is -0.0231. The van der Waals surface area contributed by atoms with Gasteiger partial charge in [0.2, 0.25) is 5.82 Å². The topological polar surface area (TPSA) is 41.9 Å². The summed E-state index contributed by atoms with van der Waals surface area (Å²) in [6, 6.07) is 10.2. The van der Waals surface area contributed by atoms with Crippen LogP contribution in [0.5, 0.6) is 11.5 Å². The maximum atomic E-state index is 14.3. The summed E-state index contributed by atoms with van der Waals surface area (Å²) >= 11 is 6.01. The number of hydrogen-bond donors (Lipinski definition) is 1. The van der Waals surface area contributed by atoms with Crippen LogP contribution in [0, 0.1) is 23.5 Å². The number of aliphatic hydroxyl groups is 1. The molecule has 29 heavy (non-hydrogen) atoms. The Balaban J connectivity index is 1.40. The summed E-state index contributed by atoms with van der Waals surface area (Å²) in [7, 11) is 1.32. The Hall–Kier alpha value is -1.89. The predicted molar refractivity (Wildman–Crippen MR) is 106 cm³/mol. The van der Waals surface area contributed by atoms with Gasteiger partial charge in [-0.1, -0.05) is 23.7 Å². The number of nitrogens with zero attached hydrogens (tertiary/aromatic N) is 1. The molecule has 1 aliphatic carbocycles. The van der Waals surface area contributed by atoms with Crippen molar-refractivity contribution in [2.75, 3.05) is 20.2 Å². The number of hydrogen-bond acceptors (Lipinski definition) is 4. The lowest BCUT2D eigenvalue weighted by Crippen LogP contribution is -2.42. The molecule has 1 saturated heterocycles. The number of fused-ring (bicyclic) bond motifs is 1. The molecule has 1 heterocycles. The lowest BCUT2D eigenvalue weighted by Gasteiger charge is -2.35. The minimum atomic E-state index is -0.952. The quantitative estimate of drug-likeness (QED) is 0.779. The van der Waals surface area contributed by atoms with Gasteiger partial charge in [0.1, 0.15) is 11.9 Å². The molecule has 4 atom stereocenters. The van der Waals surface area contributed by atoms with Crippen LogP contribution in [-0.2, 0) is 6.54 Å². The van der Waals surface area contributed by atoms with Gasteiger partial charge in [0.05, 0.1) is 13.2 Å². The molecule has 2 fully saturated rings. The number of rotatable bonds is 5. The van der Waals surface area contributed by atoms with E-state index in [1.54, 1.807) is 18.2 Å². The number of likely N-dealkylation sites (tertiary alicyclic amines) is 1. The van der Waals surface area contributed by atoms with Crippen LogP contribution in [0.15, 0.2) is 36.4 Å². The molecule has 0 radical (unpaired) electrons. The zero-order valence-electron chi connectivity index (χ0n) is 16.2. The summed E-state index contributed by atoms with van der Waals surface area (Å²) in [5.74, 6) is -0.603. The third kappa shape index (κ3) is 4.34. The van der Waals surface area contributed by atoms with Crippen molar-refractivity contribution in [2.24, 2.45) is 11.8 Å². The van der Waals surface area contributed by atoms with Crippen molar-refractivity contribution in [1.29, 1.82) is 0 Å². The summed E-state index contributed by atoms with van der Waals surface area (Å²) in [6.07, 6.45) is 0.482. The van der Waals surface area contributed by atoms with Gasteiger partial charge in [-0.2, -0.15) is 4.39 Å². The normalized spacial score (nSPS) is 26.9. The SMILES string of the molecule is COc1ccc(CN2C[C@H]3C[C@@H](Oc4cccc(Cl)c4)[C@H](O)C[C@H]3C2)c(F)c1F. The van der Waals surface area contributed by atoms with Crippen LogP contribution in [0.3, 0.4) is 0 Å². The maximum Gasteiger partial charge on any atom is 0.200 e. The zero-order chi connectivity index (χ0) is 20.5. The second kappa shape index (κ2) is 8.46. The van der Waals surface area contributed by atoms with E-state index in [4.69, 9.17) is 21.1 Å². The number of halogens is 3. The number of aliphatic hydroxyl groups excluding tert-OH is 1. The molecule has 4 rings (SSSR count). The van der Waals surface area contributed by atoms with E-state index in [0.717, 1.165) is 13.1 Å². The average molecular weight is 424 g/mol. The van der Waals surface area contributed by atoms with Crippen LogP contribution in [0.1, 0.15) is 18.4 Å². The molecule has 2 aromatic carbocycles. The van der Waals surface area contributed by atoms with Crippen LogP contribution >= 0.6 is 11.6 Å². The molecule has 4 nitrogen and oxygen atoms in total. The summed E-state index contributed by atoms with van der Waals surface area (Å²) in [6.45, 7) is 1.84. The van der Waals surface area contributed by atoms with E-state index < -0.39 is 17.7 Å². The Morgan fingerprint density at radius 2 is 1.86 bits per heavy atom. The third-order valence-electron chi connectivity index (χ3n) is 5.98. The highest BCUT2D eigenvalue weighted by molar-refractivity contribution is 6.30. The van der Waals surface area contributed by atoms with Crippen molar-refractivity contribution in [3.05, 3.63) is 58.6 Å².